The number of nitrogens with zero attached hydrogens (tertiary/aromatic N) is 6. The molecule has 0 aromatic carbocycles. The van der Waals surface area contributed by atoms with Gasteiger partial charge in [-0.2, -0.15) is 0 Å². The van der Waals surface area contributed by atoms with Crippen LogP contribution >= 0.6 is 34.4 Å². The summed E-state index contributed by atoms with van der Waals surface area (Å²) in [6, 6.07) is 4.19. The molecule has 152 valence electrons. The molecule has 0 radical (unpaired) electrons. The molecule has 1 N–H and O–H groups in total. The highest BCUT2D eigenvalue weighted by atomic mass is 32.2. The summed E-state index contributed by atoms with van der Waals surface area (Å²) in [6.07, 6.45) is 6.09. The molecule has 0 aliphatic carbocycles. The highest BCUT2D eigenvalue weighted by molar-refractivity contribution is 8.01. The number of thiophene rings is 1. The number of carbonyl (C=O) groups excluding carboxylic acids is 1. The molecule has 0 spiro atoms. The van der Waals surface area contributed by atoms with Gasteiger partial charge in [0, 0.05) is 50.0 Å². The molecular weight excluding hydrogens is 426 g/mol. The highest BCUT2D eigenvalue weighted by Gasteiger charge is 2.22. The lowest BCUT2D eigenvalue weighted by Gasteiger charge is -2.35. The number of hydrogen-bond acceptors (Lipinski definition) is 10. The van der Waals surface area contributed by atoms with E-state index in [4.69, 9.17) is 0 Å². The van der Waals surface area contributed by atoms with Crippen LogP contribution in [0.3, 0.4) is 0 Å². The number of aromatic nitrogens is 4. The molecule has 11 heteroatoms. The van der Waals surface area contributed by atoms with Crippen LogP contribution in [-0.4, -0.2) is 69.4 Å². The third-order valence-electron chi connectivity index (χ3n) is 4.46. The van der Waals surface area contributed by atoms with E-state index in [1.54, 1.807) is 29.9 Å². The normalized spacial score (nSPS) is 14.2. The fraction of sp³-hybridized carbons (Fsp3) is 0.389. The Bertz CT molecular complexity index is 895. The van der Waals surface area contributed by atoms with Gasteiger partial charge >= 0.3 is 0 Å². The molecule has 4 rings (SSSR count). The molecule has 0 bridgehead atoms. The van der Waals surface area contributed by atoms with E-state index in [1.165, 1.54) is 28.0 Å². The van der Waals surface area contributed by atoms with E-state index in [0.717, 1.165) is 41.3 Å². The van der Waals surface area contributed by atoms with Crippen LogP contribution in [0, 0.1) is 0 Å². The number of carbonyl (C=O) groups is 1. The third-order valence-corrected chi connectivity index (χ3v) is 7.39. The van der Waals surface area contributed by atoms with E-state index in [0.29, 0.717) is 18.8 Å². The Morgan fingerprint density at radius 1 is 1.21 bits per heavy atom. The van der Waals surface area contributed by atoms with Crippen molar-refractivity contribution < 1.29 is 4.79 Å². The van der Waals surface area contributed by atoms with E-state index >= 15 is 0 Å². The zero-order chi connectivity index (χ0) is 19.9. The van der Waals surface area contributed by atoms with E-state index in [9.17, 15) is 4.79 Å². The second kappa shape index (κ2) is 9.99. The Labute approximate surface area is 181 Å². The molecular formula is C18H21N7OS3. The zero-order valence-electron chi connectivity index (χ0n) is 15.7. The van der Waals surface area contributed by atoms with Gasteiger partial charge in [0.25, 0.3) is 0 Å². The Kier molecular flexibility index (Phi) is 6.91. The van der Waals surface area contributed by atoms with Crippen molar-refractivity contribution in [3.8, 4) is 0 Å². The average Bonchev–Trinajstić information content (AvgIpc) is 3.45. The van der Waals surface area contributed by atoms with Gasteiger partial charge in [0.05, 0.1) is 11.9 Å². The van der Waals surface area contributed by atoms with E-state index < -0.39 is 0 Å². The van der Waals surface area contributed by atoms with Gasteiger partial charge in [0.2, 0.25) is 11.0 Å². The quantitative estimate of drug-likeness (QED) is 0.527. The standard InChI is InChI=1S/C18H21N7OS3/c26-16(25-9-7-24(8-10-25)15-12-19-5-6-20-15)13-28-18-23-22-17(29-18)21-4-3-14-2-1-11-27-14/h1-2,5-6,11-12H,3-4,7-10,13H2,(H,21,22). The van der Waals surface area contributed by atoms with Crippen LogP contribution in [0.4, 0.5) is 10.9 Å². The van der Waals surface area contributed by atoms with Crippen molar-refractivity contribution in [2.45, 2.75) is 10.8 Å². The molecule has 0 atom stereocenters. The molecule has 3 aromatic rings. The molecule has 29 heavy (non-hydrogen) atoms. The number of piperazine rings is 1. The highest BCUT2D eigenvalue weighted by Crippen LogP contribution is 2.26. The summed E-state index contributed by atoms with van der Waals surface area (Å²) in [4.78, 5) is 26.4. The predicted molar refractivity (Wildman–Crippen MR) is 118 cm³/mol. The van der Waals surface area contributed by atoms with Crippen molar-refractivity contribution in [1.29, 1.82) is 0 Å². The van der Waals surface area contributed by atoms with Crippen molar-refractivity contribution in [2.75, 3.05) is 48.7 Å². The molecule has 3 aromatic heterocycles. The maximum Gasteiger partial charge on any atom is 0.233 e. The van der Waals surface area contributed by atoms with Crippen molar-refractivity contribution >= 4 is 51.3 Å². The van der Waals surface area contributed by atoms with E-state index in [-0.39, 0.29) is 5.91 Å². The van der Waals surface area contributed by atoms with Crippen LogP contribution in [0.25, 0.3) is 0 Å². The zero-order valence-corrected chi connectivity index (χ0v) is 18.2. The lowest BCUT2D eigenvalue weighted by Crippen LogP contribution is -2.49. The van der Waals surface area contributed by atoms with Crippen LogP contribution in [0.1, 0.15) is 4.88 Å². The lowest BCUT2D eigenvalue weighted by molar-refractivity contribution is -0.128. The van der Waals surface area contributed by atoms with E-state index in [1.807, 2.05) is 4.90 Å². The first kappa shape index (κ1) is 20.0. The van der Waals surface area contributed by atoms with Gasteiger partial charge in [-0.15, -0.1) is 21.5 Å². The molecule has 4 heterocycles. The predicted octanol–water partition coefficient (Wildman–Crippen LogP) is 2.49. The molecule has 1 saturated heterocycles. The minimum Gasteiger partial charge on any atom is -0.360 e. The monoisotopic (exact) mass is 447 g/mol. The molecule has 1 amide bonds. The summed E-state index contributed by atoms with van der Waals surface area (Å²) in [5.74, 6) is 1.38. The molecule has 1 aliphatic rings. The lowest BCUT2D eigenvalue weighted by atomic mass is 10.3. The first-order valence-corrected chi connectivity index (χ1v) is 12.0. The Morgan fingerprint density at radius 3 is 2.86 bits per heavy atom. The van der Waals surface area contributed by atoms with Crippen LogP contribution in [0.2, 0.25) is 0 Å². The first-order chi connectivity index (χ1) is 14.3. The number of anilines is 2. The smallest absolute Gasteiger partial charge is 0.233 e. The second-order valence-electron chi connectivity index (χ2n) is 6.35. The van der Waals surface area contributed by atoms with Crippen LogP contribution in [0.5, 0.6) is 0 Å². The molecule has 1 aliphatic heterocycles. The average molecular weight is 448 g/mol. The van der Waals surface area contributed by atoms with Gasteiger partial charge in [-0.1, -0.05) is 29.2 Å². The molecule has 0 unspecified atom stereocenters. The summed E-state index contributed by atoms with van der Waals surface area (Å²) in [5.41, 5.74) is 0. The second-order valence-corrected chi connectivity index (χ2v) is 9.58. The maximum atomic E-state index is 12.5. The topological polar surface area (TPSA) is 87.1 Å². The van der Waals surface area contributed by atoms with Gasteiger partial charge in [-0.3, -0.25) is 9.78 Å². The minimum atomic E-state index is 0.135. The minimum absolute atomic E-state index is 0.135. The summed E-state index contributed by atoms with van der Waals surface area (Å²) in [6.45, 7) is 3.76. The van der Waals surface area contributed by atoms with Crippen molar-refractivity contribution in [3.63, 3.8) is 0 Å². The Hall–Kier alpha value is -2.24. The first-order valence-electron chi connectivity index (χ1n) is 9.29. The number of thioether (sulfide) groups is 1. The number of nitrogens with one attached hydrogen (secondary N) is 1. The summed E-state index contributed by atoms with van der Waals surface area (Å²) in [7, 11) is 0. The number of amides is 1. The van der Waals surface area contributed by atoms with Crippen molar-refractivity contribution in [3.05, 3.63) is 41.0 Å². The van der Waals surface area contributed by atoms with Gasteiger partial charge in [0.1, 0.15) is 5.82 Å². The molecule has 1 fully saturated rings. The van der Waals surface area contributed by atoms with E-state index in [2.05, 4.69) is 47.9 Å². The van der Waals surface area contributed by atoms with Gasteiger partial charge < -0.3 is 15.1 Å². The maximum absolute atomic E-state index is 12.5. The summed E-state index contributed by atoms with van der Waals surface area (Å²) < 4.78 is 0.815. The Morgan fingerprint density at radius 2 is 2.10 bits per heavy atom. The summed E-state index contributed by atoms with van der Waals surface area (Å²) in [5, 5.41) is 14.5. The van der Waals surface area contributed by atoms with Crippen LogP contribution < -0.4 is 10.2 Å². The largest absolute Gasteiger partial charge is 0.360 e. The van der Waals surface area contributed by atoms with Crippen molar-refractivity contribution in [2.24, 2.45) is 0 Å². The molecule has 8 nitrogen and oxygen atoms in total. The molecule has 0 saturated carbocycles. The fourth-order valence-corrected chi connectivity index (χ4v) is 5.33. The van der Waals surface area contributed by atoms with Gasteiger partial charge in [-0.05, 0) is 17.9 Å². The fourth-order valence-electron chi connectivity index (χ4n) is 2.94. The number of hydrogen-bond donors (Lipinski definition) is 1. The van der Waals surface area contributed by atoms with Gasteiger partial charge in [-0.25, -0.2) is 4.98 Å². The van der Waals surface area contributed by atoms with Crippen LogP contribution in [-0.2, 0) is 11.2 Å². The summed E-state index contributed by atoms with van der Waals surface area (Å²) >= 11 is 4.70. The SMILES string of the molecule is O=C(CSc1nnc(NCCc2cccs2)s1)N1CCN(c2cnccn2)CC1. The van der Waals surface area contributed by atoms with Crippen LogP contribution in [0.15, 0.2) is 40.4 Å². The van der Waals surface area contributed by atoms with Gasteiger partial charge in [0.15, 0.2) is 4.34 Å². The number of rotatable bonds is 8. The Balaban J connectivity index is 1.18. The third kappa shape index (κ3) is 5.64. The van der Waals surface area contributed by atoms with Crippen molar-refractivity contribution in [1.82, 2.24) is 25.1 Å².